The Labute approximate surface area is 89.8 Å². The highest BCUT2D eigenvalue weighted by molar-refractivity contribution is 9.09. The predicted molar refractivity (Wildman–Crippen MR) is 63.3 cm³/mol. The fourth-order valence-electron chi connectivity index (χ4n) is 1.26. The minimum absolute atomic E-state index is 0.358. The maximum Gasteiger partial charge on any atom is 0.104 e. The molecule has 0 fully saturated rings. The molecule has 0 aromatic rings. The zero-order valence-corrected chi connectivity index (χ0v) is 9.72. The summed E-state index contributed by atoms with van der Waals surface area (Å²) in [6, 6.07) is 0. The van der Waals surface area contributed by atoms with Gasteiger partial charge in [-0.25, -0.2) is 0 Å². The van der Waals surface area contributed by atoms with Crippen molar-refractivity contribution in [2.75, 3.05) is 11.9 Å². The summed E-state index contributed by atoms with van der Waals surface area (Å²) in [4.78, 5) is 0. The summed E-state index contributed by atoms with van der Waals surface area (Å²) in [6.07, 6.45) is 10.4. The van der Waals surface area contributed by atoms with Crippen LogP contribution in [0.1, 0.15) is 12.8 Å². The van der Waals surface area contributed by atoms with Crippen LogP contribution in [0.5, 0.6) is 0 Å². The van der Waals surface area contributed by atoms with Gasteiger partial charge in [0, 0.05) is 5.33 Å². The first-order chi connectivity index (χ1) is 6.36. The summed E-state index contributed by atoms with van der Waals surface area (Å²) in [5.41, 5.74) is 1.32. The van der Waals surface area contributed by atoms with Crippen LogP contribution in [0.4, 0.5) is 0 Å². The van der Waals surface area contributed by atoms with E-state index in [1.54, 1.807) is 0 Å². The summed E-state index contributed by atoms with van der Waals surface area (Å²) in [5.74, 6) is 0. The number of hydrogen-bond acceptors (Lipinski definition) is 1. The average molecular weight is 243 g/mol. The Hall–Kier alpha value is -0.0151. The maximum atomic E-state index is 5.71. The molecule has 1 nitrogen and oxygen atoms in total. The minimum atomic E-state index is 0.358. The third kappa shape index (κ3) is 4.14. The highest BCUT2D eigenvalue weighted by atomic mass is 79.9. The monoisotopic (exact) mass is 242 g/mol. The summed E-state index contributed by atoms with van der Waals surface area (Å²) in [7, 11) is 2.15. The molecule has 0 aromatic heterocycles. The van der Waals surface area contributed by atoms with E-state index in [0.29, 0.717) is 6.10 Å². The number of allylic oxidation sites excluding steroid dienone is 2. The molecule has 0 N–H and O–H groups in total. The average Bonchev–Trinajstić information content (AvgIpc) is 2.21. The van der Waals surface area contributed by atoms with Gasteiger partial charge in [0.2, 0.25) is 0 Å². The molecule has 3 heteroatoms. The normalized spacial score (nSPS) is 18.4. The van der Waals surface area contributed by atoms with Crippen molar-refractivity contribution in [2.24, 2.45) is 0 Å². The summed E-state index contributed by atoms with van der Waals surface area (Å²) in [6.45, 7) is 0.764. The van der Waals surface area contributed by atoms with Gasteiger partial charge in [0.05, 0.1) is 12.7 Å². The molecule has 1 aliphatic carbocycles. The van der Waals surface area contributed by atoms with Gasteiger partial charge in [0.1, 0.15) is 7.85 Å². The number of rotatable bonds is 5. The molecule has 72 valence electrons. The second-order valence-corrected chi connectivity index (χ2v) is 3.90. The molecule has 0 spiro atoms. The van der Waals surface area contributed by atoms with Crippen molar-refractivity contribution in [2.45, 2.75) is 25.3 Å². The number of alkyl halides is 1. The molecule has 0 saturated heterocycles. The zero-order chi connectivity index (χ0) is 9.52. The summed E-state index contributed by atoms with van der Waals surface area (Å²) >= 11 is 3.44. The number of hydrogen-bond donors (Lipinski definition) is 0. The summed E-state index contributed by atoms with van der Waals surface area (Å²) in [5, 5.41) is 0.931. The first-order valence-corrected chi connectivity index (χ1v) is 6.02. The van der Waals surface area contributed by atoms with Crippen LogP contribution in [0, 0.1) is 0 Å². The lowest BCUT2D eigenvalue weighted by Gasteiger charge is -2.14. The Morgan fingerprint density at radius 1 is 1.54 bits per heavy atom. The first kappa shape index (κ1) is 11.1. The van der Waals surface area contributed by atoms with Crippen LogP contribution < -0.4 is 0 Å². The van der Waals surface area contributed by atoms with Crippen molar-refractivity contribution in [1.29, 1.82) is 0 Å². The maximum absolute atomic E-state index is 5.71. The standard InChI is InChI=1S/C10H16BBrO/c11-6-10(7-12)13-8-9-4-2-1-3-5-9/h2,4-5,10H,1,3,6-8,11H2. The van der Waals surface area contributed by atoms with Crippen LogP contribution in [0.15, 0.2) is 23.8 Å². The Bertz CT molecular complexity index is 197. The third-order valence-corrected chi connectivity index (χ3v) is 2.91. The molecule has 1 rings (SSSR count). The van der Waals surface area contributed by atoms with E-state index < -0.39 is 0 Å². The molecule has 1 unspecified atom stereocenters. The van der Waals surface area contributed by atoms with Gasteiger partial charge in [0.25, 0.3) is 0 Å². The molecule has 0 bridgehead atoms. The fourth-order valence-corrected chi connectivity index (χ4v) is 1.91. The van der Waals surface area contributed by atoms with Gasteiger partial charge in [-0.2, -0.15) is 0 Å². The van der Waals surface area contributed by atoms with Crippen molar-refractivity contribution in [3.8, 4) is 0 Å². The molecule has 0 heterocycles. The van der Waals surface area contributed by atoms with Crippen LogP contribution in [0.25, 0.3) is 0 Å². The molecular weight excluding hydrogens is 227 g/mol. The lowest BCUT2D eigenvalue weighted by molar-refractivity contribution is 0.103. The molecule has 0 saturated carbocycles. The number of halogens is 1. The Balaban J connectivity index is 2.24. The molecule has 1 aliphatic rings. The van der Waals surface area contributed by atoms with E-state index in [1.165, 1.54) is 18.4 Å². The molecule has 0 aliphatic heterocycles. The van der Waals surface area contributed by atoms with E-state index in [1.807, 2.05) is 0 Å². The van der Waals surface area contributed by atoms with Crippen molar-refractivity contribution in [1.82, 2.24) is 0 Å². The third-order valence-electron chi connectivity index (χ3n) is 2.18. The summed E-state index contributed by atoms with van der Waals surface area (Å²) < 4.78 is 5.71. The lowest BCUT2D eigenvalue weighted by atomic mass is 10.0. The minimum Gasteiger partial charge on any atom is -0.373 e. The lowest BCUT2D eigenvalue weighted by Crippen LogP contribution is -2.15. The second kappa shape index (κ2) is 6.44. The quantitative estimate of drug-likeness (QED) is 0.530. The van der Waals surface area contributed by atoms with Gasteiger partial charge < -0.3 is 4.74 Å². The Morgan fingerprint density at radius 3 is 2.92 bits per heavy atom. The molecule has 0 radical (unpaired) electrons. The van der Waals surface area contributed by atoms with Crippen LogP contribution in [-0.2, 0) is 4.74 Å². The van der Waals surface area contributed by atoms with Crippen LogP contribution >= 0.6 is 15.9 Å². The van der Waals surface area contributed by atoms with Crippen LogP contribution in [0.2, 0.25) is 6.32 Å². The molecule has 0 aromatic carbocycles. The van der Waals surface area contributed by atoms with E-state index in [4.69, 9.17) is 4.74 Å². The van der Waals surface area contributed by atoms with E-state index in [2.05, 4.69) is 42.0 Å². The SMILES string of the molecule is BCC(CBr)OCC1=CCCC=C1. The molecule has 1 atom stereocenters. The Kier molecular flexibility index (Phi) is 5.48. The van der Waals surface area contributed by atoms with Gasteiger partial charge in [0.15, 0.2) is 0 Å². The van der Waals surface area contributed by atoms with Gasteiger partial charge in [-0.1, -0.05) is 40.5 Å². The van der Waals surface area contributed by atoms with Crippen molar-refractivity contribution >= 4 is 23.8 Å². The molecule has 0 amide bonds. The first-order valence-electron chi connectivity index (χ1n) is 4.90. The topological polar surface area (TPSA) is 9.23 Å². The van der Waals surface area contributed by atoms with Gasteiger partial charge in [-0.3, -0.25) is 0 Å². The van der Waals surface area contributed by atoms with Gasteiger partial charge >= 0.3 is 0 Å². The van der Waals surface area contributed by atoms with Crippen LogP contribution in [-0.4, -0.2) is 25.9 Å². The van der Waals surface area contributed by atoms with E-state index in [-0.39, 0.29) is 0 Å². The Morgan fingerprint density at radius 2 is 2.38 bits per heavy atom. The second-order valence-electron chi connectivity index (χ2n) is 3.25. The highest BCUT2D eigenvalue weighted by Crippen LogP contribution is 2.11. The largest absolute Gasteiger partial charge is 0.373 e. The molecular formula is C10H16BBrO. The van der Waals surface area contributed by atoms with Crippen LogP contribution in [0.3, 0.4) is 0 Å². The van der Waals surface area contributed by atoms with E-state index >= 15 is 0 Å². The number of ether oxygens (including phenoxy) is 1. The van der Waals surface area contributed by atoms with E-state index in [0.717, 1.165) is 18.3 Å². The van der Waals surface area contributed by atoms with Crippen molar-refractivity contribution < 1.29 is 4.74 Å². The van der Waals surface area contributed by atoms with Crippen molar-refractivity contribution in [3.05, 3.63) is 23.8 Å². The van der Waals surface area contributed by atoms with E-state index in [9.17, 15) is 0 Å². The molecule has 13 heavy (non-hydrogen) atoms. The zero-order valence-electron chi connectivity index (χ0n) is 8.13. The fraction of sp³-hybridized carbons (Fsp3) is 0.600. The highest BCUT2D eigenvalue weighted by Gasteiger charge is 2.05. The smallest absolute Gasteiger partial charge is 0.104 e. The van der Waals surface area contributed by atoms with Gasteiger partial charge in [-0.05, 0) is 18.4 Å². The van der Waals surface area contributed by atoms with Gasteiger partial charge in [-0.15, -0.1) is 0 Å². The predicted octanol–water partition coefficient (Wildman–Crippen LogP) is 2.09. The van der Waals surface area contributed by atoms with Crippen molar-refractivity contribution in [3.63, 3.8) is 0 Å².